The van der Waals surface area contributed by atoms with Crippen molar-refractivity contribution in [1.82, 2.24) is 19.8 Å². The molecule has 1 atom stereocenters. The minimum absolute atomic E-state index is 0.0166. The van der Waals surface area contributed by atoms with Crippen LogP contribution in [0.4, 0.5) is 4.39 Å². The van der Waals surface area contributed by atoms with Crippen molar-refractivity contribution >= 4 is 27.2 Å². The van der Waals surface area contributed by atoms with Gasteiger partial charge in [0.2, 0.25) is 15.0 Å². The Hall–Kier alpha value is -2.82. The highest BCUT2D eigenvalue weighted by molar-refractivity contribution is 7.90. The molecule has 1 aliphatic rings. The molecule has 36 heavy (non-hydrogen) atoms. The van der Waals surface area contributed by atoms with Gasteiger partial charge >= 0.3 is 0 Å². The molecule has 1 N–H and O–H groups in total. The van der Waals surface area contributed by atoms with Crippen LogP contribution in [0.2, 0.25) is 0 Å². The minimum atomic E-state index is -3.81. The van der Waals surface area contributed by atoms with Gasteiger partial charge in [0.25, 0.3) is 0 Å². The molecular formula is C26H31FN4O3S2. The molecule has 0 spiro atoms. The summed E-state index contributed by atoms with van der Waals surface area (Å²) in [5.74, 6) is -0.680. The third-order valence-corrected chi connectivity index (χ3v) is 8.05. The van der Waals surface area contributed by atoms with Crippen LogP contribution in [0.15, 0.2) is 66.0 Å². The van der Waals surface area contributed by atoms with Gasteiger partial charge in [-0.15, -0.1) is 0 Å². The third-order valence-electron chi connectivity index (χ3n) is 6.05. The molecule has 0 bridgehead atoms. The zero-order chi connectivity index (χ0) is 25.5. The number of rotatable bonds is 10. The summed E-state index contributed by atoms with van der Waals surface area (Å²) in [7, 11) is -3.81. The van der Waals surface area contributed by atoms with Crippen LogP contribution in [0.5, 0.6) is 0 Å². The van der Waals surface area contributed by atoms with Gasteiger partial charge in [-0.05, 0) is 55.2 Å². The molecule has 1 saturated heterocycles. The fourth-order valence-electron chi connectivity index (χ4n) is 4.28. The largest absolute Gasteiger partial charge is 0.376 e. The fourth-order valence-corrected chi connectivity index (χ4v) is 6.05. The zero-order valence-electron chi connectivity index (χ0n) is 20.3. The van der Waals surface area contributed by atoms with Gasteiger partial charge in [-0.3, -0.25) is 0 Å². The van der Waals surface area contributed by atoms with Crippen LogP contribution in [-0.2, 0) is 33.4 Å². The van der Waals surface area contributed by atoms with Crippen LogP contribution in [0.25, 0.3) is 0 Å². The molecule has 1 fully saturated rings. The van der Waals surface area contributed by atoms with Gasteiger partial charge in [-0.25, -0.2) is 17.8 Å². The number of sulfone groups is 1. The maximum Gasteiger partial charge on any atom is 0.228 e. The zero-order valence-corrected chi connectivity index (χ0v) is 21.9. The van der Waals surface area contributed by atoms with E-state index in [4.69, 9.17) is 17.0 Å². The van der Waals surface area contributed by atoms with Crippen LogP contribution in [0.1, 0.15) is 36.6 Å². The highest BCUT2D eigenvalue weighted by Crippen LogP contribution is 2.22. The summed E-state index contributed by atoms with van der Waals surface area (Å²) < 4.78 is 47.8. The number of nitrogens with one attached hydrogen (secondary N) is 1. The van der Waals surface area contributed by atoms with E-state index in [9.17, 15) is 12.8 Å². The number of hydrogen-bond acceptors (Lipinski definition) is 5. The first-order valence-corrected chi connectivity index (χ1v) is 14.1. The first-order valence-electron chi connectivity index (χ1n) is 12.1. The van der Waals surface area contributed by atoms with Crippen molar-refractivity contribution in [2.24, 2.45) is 0 Å². The average Bonchev–Trinajstić information content (AvgIpc) is 3.51. The molecule has 1 aliphatic heterocycles. The van der Waals surface area contributed by atoms with Gasteiger partial charge in [0.05, 0.1) is 36.8 Å². The molecule has 0 saturated carbocycles. The molecule has 0 radical (unpaired) electrons. The molecular weight excluding hydrogens is 499 g/mol. The lowest BCUT2D eigenvalue weighted by Crippen LogP contribution is -2.43. The summed E-state index contributed by atoms with van der Waals surface area (Å²) in [4.78, 5) is 6.38. The van der Waals surface area contributed by atoms with E-state index in [0.717, 1.165) is 30.7 Å². The molecule has 2 aromatic carbocycles. The van der Waals surface area contributed by atoms with E-state index in [1.54, 1.807) is 10.8 Å². The Morgan fingerprint density at radius 3 is 2.61 bits per heavy atom. The minimum Gasteiger partial charge on any atom is -0.376 e. The summed E-state index contributed by atoms with van der Waals surface area (Å²) in [5, 5.41) is 3.78. The highest BCUT2D eigenvalue weighted by atomic mass is 32.2. The van der Waals surface area contributed by atoms with Gasteiger partial charge in [0, 0.05) is 19.7 Å². The number of halogens is 1. The van der Waals surface area contributed by atoms with Gasteiger partial charge in [-0.1, -0.05) is 42.5 Å². The first-order chi connectivity index (χ1) is 17.4. The number of thiocarbonyl (C=S) groups is 1. The van der Waals surface area contributed by atoms with Crippen LogP contribution in [0.3, 0.4) is 0 Å². The predicted octanol–water partition coefficient (Wildman–Crippen LogP) is 3.92. The Morgan fingerprint density at radius 2 is 1.94 bits per heavy atom. The Morgan fingerprint density at radius 1 is 1.19 bits per heavy atom. The predicted molar refractivity (Wildman–Crippen MR) is 141 cm³/mol. The second kappa shape index (κ2) is 11.9. The lowest BCUT2D eigenvalue weighted by Gasteiger charge is -2.28. The van der Waals surface area contributed by atoms with Crippen molar-refractivity contribution in [2.45, 2.75) is 49.9 Å². The second-order valence-electron chi connectivity index (χ2n) is 8.84. The Balaban J connectivity index is 1.67. The number of nitrogens with zero attached hydrogens (tertiary/aromatic N) is 3. The van der Waals surface area contributed by atoms with Crippen molar-refractivity contribution in [3.8, 4) is 0 Å². The SMILES string of the molecule is CCNC(=S)N(Cc1cnc(S(=O)(=O)Cc2ccc(F)cc2)n1Cc1ccccc1)CC1CCCO1. The first kappa shape index (κ1) is 26.2. The Bertz CT molecular complexity index is 1260. The third kappa shape index (κ3) is 6.68. The number of ether oxygens (including phenoxy) is 1. The van der Waals surface area contributed by atoms with Gasteiger partial charge in [0.15, 0.2) is 5.11 Å². The van der Waals surface area contributed by atoms with Gasteiger partial charge in [0.1, 0.15) is 5.82 Å². The van der Waals surface area contributed by atoms with E-state index >= 15 is 0 Å². The number of imidazole rings is 1. The lowest BCUT2D eigenvalue weighted by atomic mass is 10.2. The molecule has 192 valence electrons. The van der Waals surface area contributed by atoms with Crippen molar-refractivity contribution in [2.75, 3.05) is 19.7 Å². The Labute approximate surface area is 217 Å². The summed E-state index contributed by atoms with van der Waals surface area (Å²) in [6.45, 7) is 4.75. The van der Waals surface area contributed by atoms with Gasteiger partial charge < -0.3 is 19.5 Å². The summed E-state index contributed by atoms with van der Waals surface area (Å²) >= 11 is 5.64. The van der Waals surface area contributed by atoms with Crippen LogP contribution >= 0.6 is 12.2 Å². The van der Waals surface area contributed by atoms with Crippen molar-refractivity contribution in [1.29, 1.82) is 0 Å². The molecule has 1 aromatic heterocycles. The van der Waals surface area contributed by atoms with Crippen LogP contribution in [0, 0.1) is 5.82 Å². The molecule has 4 rings (SSSR count). The summed E-state index contributed by atoms with van der Waals surface area (Å²) in [6.07, 6.45) is 3.67. The van der Waals surface area contributed by atoms with E-state index in [1.165, 1.54) is 24.3 Å². The molecule has 7 nitrogen and oxygen atoms in total. The summed E-state index contributed by atoms with van der Waals surface area (Å²) in [5.41, 5.74) is 2.19. The standard InChI is InChI=1S/C26H31FN4O3S2/c1-2-28-25(35)30(18-24-9-6-14-34-24)17-23-15-29-26(31(23)16-20-7-4-3-5-8-20)36(32,33)19-21-10-12-22(27)13-11-21/h3-5,7-8,10-13,15,24H,2,6,9,14,16-19H2,1H3,(H,28,35). The molecule has 3 aromatic rings. The maximum absolute atomic E-state index is 13.5. The van der Waals surface area contributed by atoms with E-state index < -0.39 is 15.7 Å². The van der Waals surface area contributed by atoms with E-state index in [2.05, 4.69) is 10.3 Å². The molecule has 2 heterocycles. The van der Waals surface area contributed by atoms with Crippen molar-refractivity contribution in [3.05, 3.63) is 83.4 Å². The number of aromatic nitrogens is 2. The number of hydrogen-bond donors (Lipinski definition) is 1. The second-order valence-corrected chi connectivity index (χ2v) is 11.1. The lowest BCUT2D eigenvalue weighted by molar-refractivity contribution is 0.0893. The normalized spacial score (nSPS) is 15.7. The highest BCUT2D eigenvalue weighted by Gasteiger charge is 2.27. The maximum atomic E-state index is 13.5. The van der Waals surface area contributed by atoms with E-state index in [1.807, 2.05) is 42.2 Å². The molecule has 1 unspecified atom stereocenters. The van der Waals surface area contributed by atoms with Crippen LogP contribution in [-0.4, -0.2) is 53.8 Å². The van der Waals surface area contributed by atoms with E-state index in [-0.39, 0.29) is 17.0 Å². The average molecular weight is 531 g/mol. The fraction of sp³-hybridized carbons (Fsp3) is 0.385. The molecule has 0 amide bonds. The van der Waals surface area contributed by atoms with Crippen molar-refractivity contribution < 1.29 is 17.5 Å². The number of benzene rings is 2. The smallest absolute Gasteiger partial charge is 0.228 e. The molecule has 0 aliphatic carbocycles. The monoisotopic (exact) mass is 530 g/mol. The topological polar surface area (TPSA) is 76.5 Å². The van der Waals surface area contributed by atoms with Gasteiger partial charge in [-0.2, -0.15) is 0 Å². The van der Waals surface area contributed by atoms with Crippen molar-refractivity contribution in [3.63, 3.8) is 0 Å². The quantitative estimate of drug-likeness (QED) is 0.398. The summed E-state index contributed by atoms with van der Waals surface area (Å²) in [6, 6.07) is 15.1. The van der Waals surface area contributed by atoms with E-state index in [0.29, 0.717) is 36.9 Å². The molecule has 10 heteroatoms. The Kier molecular flexibility index (Phi) is 8.71. The van der Waals surface area contributed by atoms with Crippen LogP contribution < -0.4 is 5.32 Å².